The summed E-state index contributed by atoms with van der Waals surface area (Å²) < 4.78 is 15.0. The van der Waals surface area contributed by atoms with Crippen molar-refractivity contribution < 1.29 is 4.39 Å². The van der Waals surface area contributed by atoms with E-state index in [4.69, 9.17) is 11.6 Å². The van der Waals surface area contributed by atoms with Crippen LogP contribution >= 0.6 is 11.6 Å². The Morgan fingerprint density at radius 1 is 1.22 bits per heavy atom. The van der Waals surface area contributed by atoms with Crippen LogP contribution in [0.5, 0.6) is 0 Å². The standard InChI is InChI=1S/C14H10ClFN2/c1-9-14(10-3-2-4-11(15)7-10)17-13-6-5-12(16)8-18(9)13/h2-8H,1H3. The van der Waals surface area contributed by atoms with E-state index in [1.165, 1.54) is 12.3 Å². The molecule has 0 bridgehead atoms. The first-order valence-corrected chi connectivity index (χ1v) is 5.93. The lowest BCUT2D eigenvalue weighted by Crippen LogP contribution is -1.89. The van der Waals surface area contributed by atoms with Gasteiger partial charge in [0.05, 0.1) is 5.69 Å². The molecule has 3 rings (SSSR count). The summed E-state index contributed by atoms with van der Waals surface area (Å²) >= 11 is 5.98. The second-order valence-electron chi connectivity index (χ2n) is 4.13. The van der Waals surface area contributed by atoms with Gasteiger partial charge in [0.25, 0.3) is 0 Å². The number of halogens is 2. The molecule has 0 saturated heterocycles. The predicted octanol–water partition coefficient (Wildman–Crippen LogP) is 4.10. The van der Waals surface area contributed by atoms with E-state index in [0.717, 1.165) is 22.6 Å². The summed E-state index contributed by atoms with van der Waals surface area (Å²) in [5.41, 5.74) is 3.38. The fourth-order valence-electron chi connectivity index (χ4n) is 2.05. The summed E-state index contributed by atoms with van der Waals surface area (Å²) in [7, 11) is 0. The molecule has 18 heavy (non-hydrogen) atoms. The number of hydrogen-bond acceptors (Lipinski definition) is 1. The molecule has 2 aromatic heterocycles. The van der Waals surface area contributed by atoms with Gasteiger partial charge in [-0.25, -0.2) is 9.37 Å². The van der Waals surface area contributed by atoms with E-state index >= 15 is 0 Å². The highest BCUT2D eigenvalue weighted by molar-refractivity contribution is 6.30. The Kier molecular flexibility index (Phi) is 2.56. The second kappa shape index (κ2) is 4.10. The zero-order valence-electron chi connectivity index (χ0n) is 9.69. The molecule has 0 N–H and O–H groups in total. The third kappa shape index (κ3) is 1.77. The molecule has 0 radical (unpaired) electrons. The van der Waals surface area contributed by atoms with Crippen molar-refractivity contribution in [2.75, 3.05) is 0 Å². The molecule has 3 aromatic rings. The largest absolute Gasteiger partial charge is 0.301 e. The van der Waals surface area contributed by atoms with Crippen LogP contribution in [0.25, 0.3) is 16.9 Å². The van der Waals surface area contributed by atoms with Crippen molar-refractivity contribution in [1.29, 1.82) is 0 Å². The van der Waals surface area contributed by atoms with E-state index in [2.05, 4.69) is 4.98 Å². The van der Waals surface area contributed by atoms with Crippen molar-refractivity contribution in [2.24, 2.45) is 0 Å². The van der Waals surface area contributed by atoms with Crippen LogP contribution in [0.1, 0.15) is 5.69 Å². The molecule has 0 fully saturated rings. The van der Waals surface area contributed by atoms with Crippen LogP contribution < -0.4 is 0 Å². The Hall–Kier alpha value is -1.87. The zero-order valence-corrected chi connectivity index (χ0v) is 10.4. The first kappa shape index (κ1) is 11.2. The monoisotopic (exact) mass is 260 g/mol. The molecule has 0 saturated carbocycles. The van der Waals surface area contributed by atoms with Gasteiger partial charge < -0.3 is 4.40 Å². The lowest BCUT2D eigenvalue weighted by Gasteiger charge is -2.00. The van der Waals surface area contributed by atoms with Crippen LogP contribution in [0.2, 0.25) is 5.02 Å². The van der Waals surface area contributed by atoms with Crippen molar-refractivity contribution in [1.82, 2.24) is 9.38 Å². The minimum atomic E-state index is -0.277. The quantitative estimate of drug-likeness (QED) is 0.644. The Labute approximate surface area is 109 Å². The maximum Gasteiger partial charge on any atom is 0.139 e. The maximum absolute atomic E-state index is 13.2. The van der Waals surface area contributed by atoms with Gasteiger partial charge in [0.1, 0.15) is 11.5 Å². The molecule has 0 amide bonds. The normalized spacial score (nSPS) is 11.1. The molecule has 4 heteroatoms. The molecule has 0 aliphatic rings. The minimum absolute atomic E-state index is 0.277. The van der Waals surface area contributed by atoms with Gasteiger partial charge >= 0.3 is 0 Å². The highest BCUT2D eigenvalue weighted by Gasteiger charge is 2.10. The van der Waals surface area contributed by atoms with Crippen LogP contribution in [-0.2, 0) is 0 Å². The van der Waals surface area contributed by atoms with Crippen molar-refractivity contribution in [3.05, 3.63) is 59.1 Å². The Balaban J connectivity index is 2.27. The minimum Gasteiger partial charge on any atom is -0.301 e. The highest BCUT2D eigenvalue weighted by atomic mass is 35.5. The highest BCUT2D eigenvalue weighted by Crippen LogP contribution is 2.26. The van der Waals surface area contributed by atoms with Gasteiger partial charge in [0, 0.05) is 22.5 Å². The zero-order chi connectivity index (χ0) is 12.7. The number of imidazole rings is 1. The van der Waals surface area contributed by atoms with Crippen LogP contribution in [0, 0.1) is 12.7 Å². The maximum atomic E-state index is 13.2. The summed E-state index contributed by atoms with van der Waals surface area (Å²) in [4.78, 5) is 4.50. The molecule has 1 aromatic carbocycles. The lowest BCUT2D eigenvalue weighted by molar-refractivity contribution is 0.618. The van der Waals surface area contributed by atoms with Crippen LogP contribution in [-0.4, -0.2) is 9.38 Å². The summed E-state index contributed by atoms with van der Waals surface area (Å²) in [6, 6.07) is 10.6. The summed E-state index contributed by atoms with van der Waals surface area (Å²) in [5, 5.41) is 0.662. The SMILES string of the molecule is Cc1c(-c2cccc(Cl)c2)nc2ccc(F)cn12. The number of pyridine rings is 1. The third-order valence-corrected chi connectivity index (χ3v) is 3.15. The van der Waals surface area contributed by atoms with Gasteiger partial charge in [-0.3, -0.25) is 0 Å². The first-order valence-electron chi connectivity index (χ1n) is 5.55. The van der Waals surface area contributed by atoms with Crippen LogP contribution in [0.3, 0.4) is 0 Å². The van der Waals surface area contributed by atoms with Crippen molar-refractivity contribution in [2.45, 2.75) is 6.92 Å². The van der Waals surface area contributed by atoms with Crippen LogP contribution in [0.15, 0.2) is 42.6 Å². The van der Waals surface area contributed by atoms with E-state index in [0.29, 0.717) is 5.02 Å². The molecular weight excluding hydrogens is 251 g/mol. The van der Waals surface area contributed by atoms with Crippen molar-refractivity contribution in [3.63, 3.8) is 0 Å². The molecular formula is C14H10ClFN2. The number of rotatable bonds is 1. The van der Waals surface area contributed by atoms with Gasteiger partial charge in [0.15, 0.2) is 0 Å². The average molecular weight is 261 g/mol. The molecule has 2 heterocycles. The van der Waals surface area contributed by atoms with Gasteiger partial charge in [-0.1, -0.05) is 23.7 Å². The van der Waals surface area contributed by atoms with Gasteiger partial charge in [-0.05, 0) is 31.2 Å². The number of aromatic nitrogens is 2. The van der Waals surface area contributed by atoms with Crippen molar-refractivity contribution >= 4 is 17.2 Å². The number of nitrogens with zero attached hydrogens (tertiary/aromatic N) is 2. The molecule has 0 atom stereocenters. The Morgan fingerprint density at radius 2 is 2.06 bits per heavy atom. The average Bonchev–Trinajstić information content (AvgIpc) is 2.67. The number of hydrogen-bond donors (Lipinski definition) is 0. The van der Waals surface area contributed by atoms with E-state index < -0.39 is 0 Å². The number of fused-ring (bicyclic) bond motifs is 1. The second-order valence-corrected chi connectivity index (χ2v) is 4.57. The predicted molar refractivity (Wildman–Crippen MR) is 70.3 cm³/mol. The Morgan fingerprint density at radius 3 is 2.83 bits per heavy atom. The van der Waals surface area contributed by atoms with Crippen molar-refractivity contribution in [3.8, 4) is 11.3 Å². The van der Waals surface area contributed by atoms with Gasteiger partial charge in [-0.15, -0.1) is 0 Å². The molecule has 90 valence electrons. The third-order valence-electron chi connectivity index (χ3n) is 2.92. The summed E-state index contributed by atoms with van der Waals surface area (Å²) in [6.45, 7) is 1.91. The van der Waals surface area contributed by atoms with E-state index in [-0.39, 0.29) is 5.82 Å². The van der Waals surface area contributed by atoms with Gasteiger partial charge in [-0.2, -0.15) is 0 Å². The molecule has 0 spiro atoms. The molecule has 0 aliphatic carbocycles. The topological polar surface area (TPSA) is 17.3 Å². The fraction of sp³-hybridized carbons (Fsp3) is 0.0714. The molecule has 0 unspecified atom stereocenters. The Bertz CT molecular complexity index is 734. The molecule has 0 aliphatic heterocycles. The van der Waals surface area contributed by atoms with E-state index in [1.807, 2.05) is 31.2 Å². The van der Waals surface area contributed by atoms with E-state index in [9.17, 15) is 4.39 Å². The van der Waals surface area contributed by atoms with Crippen LogP contribution in [0.4, 0.5) is 4.39 Å². The van der Waals surface area contributed by atoms with Gasteiger partial charge in [0.2, 0.25) is 0 Å². The summed E-state index contributed by atoms with van der Waals surface area (Å²) in [6.07, 6.45) is 1.44. The number of aryl methyl sites for hydroxylation is 1. The molecule has 2 nitrogen and oxygen atoms in total. The fourth-order valence-corrected chi connectivity index (χ4v) is 2.24. The summed E-state index contributed by atoms with van der Waals surface area (Å²) in [5.74, 6) is -0.277. The van der Waals surface area contributed by atoms with E-state index in [1.54, 1.807) is 10.5 Å². The smallest absolute Gasteiger partial charge is 0.139 e. The number of benzene rings is 1. The first-order chi connectivity index (χ1) is 8.65. The lowest BCUT2D eigenvalue weighted by atomic mass is 10.1.